The molecule has 0 radical (unpaired) electrons. The second-order valence-electron chi connectivity index (χ2n) is 8.84. The van der Waals surface area contributed by atoms with Gasteiger partial charge in [0.05, 0.1) is 0 Å². The molecule has 0 heterocycles. The number of hydrogen-bond donors (Lipinski definition) is 0. The fourth-order valence-electron chi connectivity index (χ4n) is 3.93. The van der Waals surface area contributed by atoms with Gasteiger partial charge in [-0.15, -0.1) is 0 Å². The average Bonchev–Trinajstić information content (AvgIpc) is 2.57. The first kappa shape index (κ1) is 26.0. The van der Waals surface area contributed by atoms with Crippen LogP contribution in [0.25, 0.3) is 0 Å². The van der Waals surface area contributed by atoms with Gasteiger partial charge in [0, 0.05) is 0 Å². The van der Waals surface area contributed by atoms with Gasteiger partial charge in [-0.3, -0.25) is 0 Å². The molecule has 2 nitrogen and oxygen atoms in total. The molecule has 0 aliphatic carbocycles. The predicted molar refractivity (Wildman–Crippen MR) is 118 cm³/mol. The van der Waals surface area contributed by atoms with Crippen molar-refractivity contribution in [2.45, 2.75) is 125 Å². The van der Waals surface area contributed by atoms with Crippen molar-refractivity contribution in [2.24, 2.45) is 0 Å². The molecule has 0 amide bonds. The van der Waals surface area contributed by atoms with Gasteiger partial charge < -0.3 is 0 Å². The summed E-state index contributed by atoms with van der Waals surface area (Å²) >= 11 is -2.29. The van der Waals surface area contributed by atoms with Gasteiger partial charge >= 0.3 is 169 Å². The van der Waals surface area contributed by atoms with E-state index >= 15 is 0 Å². The first-order valence-electron chi connectivity index (χ1n) is 11.1. The Balaban J connectivity index is 5.04. The number of allylic oxidation sites excluding steroid dienone is 2. The number of unbranched alkanes of at least 4 members (excludes halogenated alkanes) is 3. The third-order valence-electron chi connectivity index (χ3n) is 5.30. The molecule has 0 N–H and O–H groups in total. The molecule has 0 fully saturated rings. The number of esters is 1. The van der Waals surface area contributed by atoms with Gasteiger partial charge in [0.1, 0.15) is 0 Å². The molecule has 0 atom stereocenters. The number of carbonyl (C=O) groups is 1. The molecular weight excluding hydrogens is 427 g/mol. The third-order valence-corrected chi connectivity index (χ3v) is 22.0. The van der Waals surface area contributed by atoms with Gasteiger partial charge in [-0.1, -0.05) is 0 Å². The van der Waals surface area contributed by atoms with E-state index in [4.69, 9.17) is 4.74 Å². The Morgan fingerprint density at radius 3 is 1.65 bits per heavy atom. The predicted octanol–water partition coefficient (Wildman–Crippen LogP) is 7.83. The first-order chi connectivity index (χ1) is 12.2. The summed E-state index contributed by atoms with van der Waals surface area (Å²) in [6, 6.07) is 0. The van der Waals surface area contributed by atoms with Gasteiger partial charge in [0.15, 0.2) is 0 Å². The van der Waals surface area contributed by atoms with Crippen LogP contribution in [0.2, 0.25) is 13.3 Å². The van der Waals surface area contributed by atoms with E-state index in [1.165, 1.54) is 51.8 Å². The Kier molecular flexibility index (Phi) is 14.1. The van der Waals surface area contributed by atoms with Crippen molar-refractivity contribution in [3.05, 3.63) is 9.67 Å². The Hall–Kier alpha value is 0.00870. The van der Waals surface area contributed by atoms with Crippen molar-refractivity contribution in [1.29, 1.82) is 0 Å². The monoisotopic (exact) mass is 474 g/mol. The molecule has 0 saturated heterocycles. The molecular formula is C23H46O2Sn. The molecule has 0 aromatic rings. The Labute approximate surface area is 168 Å². The van der Waals surface area contributed by atoms with Crippen LogP contribution in [0.4, 0.5) is 0 Å². The van der Waals surface area contributed by atoms with Crippen molar-refractivity contribution >= 4 is 24.3 Å². The van der Waals surface area contributed by atoms with E-state index in [0.717, 1.165) is 12.8 Å². The summed E-state index contributed by atoms with van der Waals surface area (Å²) in [5, 5.41) is 0. The summed E-state index contributed by atoms with van der Waals surface area (Å²) in [5.41, 5.74) is -0.368. The molecule has 0 unspecified atom stereocenters. The topological polar surface area (TPSA) is 26.3 Å². The quantitative estimate of drug-likeness (QED) is 0.190. The van der Waals surface area contributed by atoms with Crippen LogP contribution in [-0.2, 0) is 9.53 Å². The van der Waals surface area contributed by atoms with E-state index in [1.807, 2.05) is 20.8 Å². The summed E-state index contributed by atoms with van der Waals surface area (Å²) in [6.45, 7) is 15.1. The average molecular weight is 473 g/mol. The third kappa shape index (κ3) is 11.0. The number of carbonyl (C=O) groups excluding carboxylic acids is 1. The first-order valence-corrected chi connectivity index (χ1v) is 18.6. The number of ether oxygens (including phenoxy) is 1. The molecule has 0 bridgehead atoms. The number of hydrogen-bond acceptors (Lipinski definition) is 2. The van der Waals surface area contributed by atoms with Crippen molar-refractivity contribution in [1.82, 2.24) is 0 Å². The summed E-state index contributed by atoms with van der Waals surface area (Å²) in [6.07, 6.45) is 13.2. The van der Waals surface area contributed by atoms with Crippen LogP contribution in [0.5, 0.6) is 0 Å². The molecule has 0 saturated carbocycles. The Bertz CT molecular complexity index is 385. The van der Waals surface area contributed by atoms with Crippen LogP contribution in [0.3, 0.4) is 0 Å². The van der Waals surface area contributed by atoms with Gasteiger partial charge in [0.2, 0.25) is 0 Å². The van der Waals surface area contributed by atoms with Crippen LogP contribution in [-0.4, -0.2) is 29.9 Å². The summed E-state index contributed by atoms with van der Waals surface area (Å²) in [7, 11) is 0. The van der Waals surface area contributed by atoms with E-state index in [1.54, 1.807) is 3.59 Å². The molecule has 0 aromatic carbocycles. The second kappa shape index (κ2) is 14.1. The van der Waals surface area contributed by atoms with Crippen molar-refractivity contribution in [3.8, 4) is 0 Å². The minimum absolute atomic E-state index is 0.0376. The fraction of sp³-hybridized carbons (Fsp3) is 0.870. The molecule has 0 rings (SSSR count). The fourth-order valence-corrected chi connectivity index (χ4v) is 21.4. The van der Waals surface area contributed by atoms with Crippen LogP contribution >= 0.6 is 0 Å². The molecule has 3 heteroatoms. The summed E-state index contributed by atoms with van der Waals surface area (Å²) in [4.78, 5) is 12.1. The Morgan fingerprint density at radius 2 is 1.31 bits per heavy atom. The van der Waals surface area contributed by atoms with Gasteiger partial charge in [0.25, 0.3) is 0 Å². The minimum atomic E-state index is -2.29. The van der Waals surface area contributed by atoms with Crippen LogP contribution in [0, 0.1) is 0 Å². The second-order valence-corrected chi connectivity index (χ2v) is 22.3. The molecule has 0 spiro atoms. The van der Waals surface area contributed by atoms with Crippen molar-refractivity contribution in [2.75, 3.05) is 0 Å². The normalized spacial score (nSPS) is 13.1. The van der Waals surface area contributed by atoms with Crippen LogP contribution in [0.1, 0.15) is 106 Å². The molecule has 0 aromatic heterocycles. The van der Waals surface area contributed by atoms with Crippen LogP contribution < -0.4 is 0 Å². The molecule has 154 valence electrons. The van der Waals surface area contributed by atoms with E-state index in [-0.39, 0.29) is 11.6 Å². The van der Waals surface area contributed by atoms with E-state index in [9.17, 15) is 4.79 Å². The SMILES string of the molecule is C/C=[C](/CCCC(=O)OC(C)(C)C)[Sn]([CH2]CCC)([CH2]CCC)[CH2]CCC. The molecule has 0 aliphatic heterocycles. The zero-order chi connectivity index (χ0) is 20.1. The maximum absolute atomic E-state index is 12.1. The summed E-state index contributed by atoms with van der Waals surface area (Å²) < 4.78 is 11.8. The standard InChI is InChI=1S/C11H19O2.3C4H9.Sn/c1-5-6-7-8-9-10(12)13-11(2,3)4;3*1-3-4-2;/h5H,7-9H2,1-4H3;3*1,3-4H2,2H3;. The van der Waals surface area contributed by atoms with E-state index in [2.05, 4.69) is 33.8 Å². The van der Waals surface area contributed by atoms with E-state index < -0.39 is 18.4 Å². The van der Waals surface area contributed by atoms with Gasteiger partial charge in [-0.05, 0) is 0 Å². The Morgan fingerprint density at radius 1 is 0.846 bits per heavy atom. The summed E-state index contributed by atoms with van der Waals surface area (Å²) in [5.74, 6) is -0.0376. The van der Waals surface area contributed by atoms with Crippen LogP contribution in [0.15, 0.2) is 9.67 Å². The maximum atomic E-state index is 12.1. The zero-order valence-electron chi connectivity index (χ0n) is 18.9. The zero-order valence-corrected chi connectivity index (χ0v) is 21.7. The van der Waals surface area contributed by atoms with Gasteiger partial charge in [-0.2, -0.15) is 0 Å². The van der Waals surface area contributed by atoms with E-state index in [0.29, 0.717) is 6.42 Å². The number of rotatable bonds is 14. The molecule has 0 aliphatic rings. The van der Waals surface area contributed by atoms with Crippen molar-refractivity contribution in [3.63, 3.8) is 0 Å². The van der Waals surface area contributed by atoms with Crippen molar-refractivity contribution < 1.29 is 9.53 Å². The molecule has 26 heavy (non-hydrogen) atoms. The van der Waals surface area contributed by atoms with Gasteiger partial charge in [-0.25, -0.2) is 0 Å².